The van der Waals surface area contributed by atoms with Crippen molar-refractivity contribution < 1.29 is 22.8 Å². The monoisotopic (exact) mass is 259 g/mol. The number of carbonyl (C=O) groups excluding carboxylic acids is 2. The van der Waals surface area contributed by atoms with Gasteiger partial charge in [0.2, 0.25) is 5.91 Å². The Morgan fingerprint density at radius 2 is 2.11 bits per heavy atom. The summed E-state index contributed by atoms with van der Waals surface area (Å²) < 4.78 is 37.2. The van der Waals surface area contributed by atoms with Crippen LogP contribution in [0.15, 0.2) is 24.3 Å². The van der Waals surface area contributed by atoms with Crippen LogP contribution in [0.25, 0.3) is 0 Å². The largest absolute Gasteiger partial charge is 0.391 e. The summed E-state index contributed by atoms with van der Waals surface area (Å²) in [5.41, 5.74) is 0.525. The highest BCUT2D eigenvalue weighted by molar-refractivity contribution is 5.76. The summed E-state index contributed by atoms with van der Waals surface area (Å²) >= 11 is 0. The number of amides is 1. The molecule has 18 heavy (non-hydrogen) atoms. The molecule has 0 aromatic heterocycles. The molecule has 0 saturated heterocycles. The van der Waals surface area contributed by atoms with Gasteiger partial charge in [-0.2, -0.15) is 13.2 Å². The first kappa shape index (κ1) is 14.2. The van der Waals surface area contributed by atoms with Gasteiger partial charge in [0.05, 0.1) is 12.5 Å². The Morgan fingerprint density at radius 1 is 1.44 bits per heavy atom. The van der Waals surface area contributed by atoms with Crippen molar-refractivity contribution in [3.8, 4) is 0 Å². The number of rotatable bonds is 4. The van der Waals surface area contributed by atoms with Crippen molar-refractivity contribution in [1.82, 2.24) is 5.32 Å². The maximum Gasteiger partial charge on any atom is 0.391 e. The van der Waals surface area contributed by atoms with E-state index in [2.05, 4.69) is 5.32 Å². The van der Waals surface area contributed by atoms with Gasteiger partial charge in [-0.05, 0) is 11.6 Å². The van der Waals surface area contributed by atoms with Crippen LogP contribution in [0.5, 0.6) is 0 Å². The Morgan fingerprint density at radius 3 is 2.61 bits per heavy atom. The quantitative estimate of drug-likeness (QED) is 0.845. The highest BCUT2D eigenvalue weighted by Crippen LogP contribution is 2.29. The molecule has 0 spiro atoms. The van der Waals surface area contributed by atoms with Crippen LogP contribution in [0.1, 0.15) is 35.3 Å². The molecule has 0 aliphatic heterocycles. The number of carbonyl (C=O) groups is 2. The third kappa shape index (κ3) is 4.57. The predicted molar refractivity (Wildman–Crippen MR) is 59.1 cm³/mol. The average Bonchev–Trinajstić information content (AvgIpc) is 2.26. The zero-order valence-electron chi connectivity index (χ0n) is 9.62. The SMILES string of the molecule is CC(=O)N[C@H](CC(F)(F)F)c1cccc(C=O)c1. The number of benzene rings is 1. The van der Waals surface area contributed by atoms with E-state index in [0.29, 0.717) is 6.29 Å². The average molecular weight is 259 g/mol. The second-order valence-corrected chi connectivity index (χ2v) is 3.86. The summed E-state index contributed by atoms with van der Waals surface area (Å²) in [6.07, 6.45) is -5.03. The highest BCUT2D eigenvalue weighted by Gasteiger charge is 2.33. The molecule has 0 heterocycles. The fraction of sp³-hybridized carbons (Fsp3) is 0.333. The van der Waals surface area contributed by atoms with E-state index in [4.69, 9.17) is 0 Å². The molecule has 0 bridgehead atoms. The van der Waals surface area contributed by atoms with E-state index in [0.717, 1.165) is 6.92 Å². The first-order valence-electron chi connectivity index (χ1n) is 5.21. The fourth-order valence-corrected chi connectivity index (χ4v) is 1.58. The van der Waals surface area contributed by atoms with Gasteiger partial charge in [0.15, 0.2) is 0 Å². The summed E-state index contributed by atoms with van der Waals surface area (Å²) in [6.45, 7) is 1.15. The van der Waals surface area contributed by atoms with Crippen molar-refractivity contribution in [2.24, 2.45) is 0 Å². The predicted octanol–water partition coefficient (Wildman–Crippen LogP) is 2.63. The van der Waals surface area contributed by atoms with E-state index >= 15 is 0 Å². The van der Waals surface area contributed by atoms with Gasteiger partial charge < -0.3 is 5.32 Å². The minimum atomic E-state index is -4.40. The molecular formula is C12H12F3NO2. The molecule has 0 unspecified atom stereocenters. The van der Waals surface area contributed by atoms with Crippen molar-refractivity contribution in [3.05, 3.63) is 35.4 Å². The molecule has 1 rings (SSSR count). The highest BCUT2D eigenvalue weighted by atomic mass is 19.4. The van der Waals surface area contributed by atoms with Crippen LogP contribution in [0.2, 0.25) is 0 Å². The summed E-state index contributed by atoms with van der Waals surface area (Å²) in [6, 6.07) is 4.56. The Kier molecular flexibility index (Phi) is 4.47. The Bertz CT molecular complexity index is 443. The molecule has 3 nitrogen and oxygen atoms in total. The van der Waals surface area contributed by atoms with E-state index in [9.17, 15) is 22.8 Å². The van der Waals surface area contributed by atoms with Crippen LogP contribution < -0.4 is 5.32 Å². The number of hydrogen-bond donors (Lipinski definition) is 1. The van der Waals surface area contributed by atoms with Crippen LogP contribution in [0.4, 0.5) is 13.2 Å². The van der Waals surface area contributed by atoms with Crippen molar-refractivity contribution >= 4 is 12.2 Å². The third-order valence-electron chi connectivity index (χ3n) is 2.26. The second-order valence-electron chi connectivity index (χ2n) is 3.86. The molecule has 6 heteroatoms. The Hall–Kier alpha value is -1.85. The number of nitrogens with one attached hydrogen (secondary N) is 1. The third-order valence-corrected chi connectivity index (χ3v) is 2.26. The zero-order chi connectivity index (χ0) is 13.8. The number of halogens is 3. The second kappa shape index (κ2) is 5.66. The van der Waals surface area contributed by atoms with Crippen LogP contribution in [0.3, 0.4) is 0 Å². The van der Waals surface area contributed by atoms with E-state index in [1.54, 1.807) is 0 Å². The van der Waals surface area contributed by atoms with Crippen molar-refractivity contribution in [2.75, 3.05) is 0 Å². The van der Waals surface area contributed by atoms with E-state index in [1.807, 2.05) is 0 Å². The lowest BCUT2D eigenvalue weighted by Crippen LogP contribution is -2.30. The van der Waals surface area contributed by atoms with Gasteiger partial charge in [0.1, 0.15) is 6.29 Å². The van der Waals surface area contributed by atoms with Crippen molar-refractivity contribution in [2.45, 2.75) is 25.6 Å². The molecular weight excluding hydrogens is 247 g/mol. The van der Waals surface area contributed by atoms with Gasteiger partial charge >= 0.3 is 6.18 Å². The lowest BCUT2D eigenvalue weighted by molar-refractivity contribution is -0.142. The molecule has 0 radical (unpaired) electrons. The number of hydrogen-bond acceptors (Lipinski definition) is 2. The molecule has 1 atom stereocenters. The standard InChI is InChI=1S/C12H12F3NO2/c1-8(18)16-11(6-12(13,14)15)10-4-2-3-9(5-10)7-17/h2-5,7,11H,6H2,1H3,(H,16,18)/t11-/m1/s1. The topological polar surface area (TPSA) is 46.2 Å². The number of alkyl halides is 3. The van der Waals surface area contributed by atoms with E-state index in [1.165, 1.54) is 24.3 Å². The van der Waals surface area contributed by atoms with Crippen LogP contribution >= 0.6 is 0 Å². The first-order chi connectivity index (χ1) is 8.31. The molecule has 1 aromatic rings. The molecule has 98 valence electrons. The molecule has 1 aromatic carbocycles. The lowest BCUT2D eigenvalue weighted by atomic mass is 10.0. The number of aldehydes is 1. The van der Waals surface area contributed by atoms with Gasteiger partial charge in [0, 0.05) is 12.5 Å². The lowest BCUT2D eigenvalue weighted by Gasteiger charge is -2.20. The van der Waals surface area contributed by atoms with Crippen LogP contribution in [0, 0.1) is 0 Å². The van der Waals surface area contributed by atoms with Gasteiger partial charge in [-0.3, -0.25) is 9.59 Å². The summed E-state index contributed by atoms with van der Waals surface area (Å²) in [7, 11) is 0. The first-order valence-corrected chi connectivity index (χ1v) is 5.21. The molecule has 0 fully saturated rings. The normalized spacial score (nSPS) is 12.9. The molecule has 1 amide bonds. The summed E-state index contributed by atoms with van der Waals surface area (Å²) in [4.78, 5) is 21.5. The molecule has 0 saturated carbocycles. The fourth-order valence-electron chi connectivity index (χ4n) is 1.58. The maximum atomic E-state index is 12.4. The molecule has 0 aliphatic rings. The van der Waals surface area contributed by atoms with Gasteiger partial charge in [0.25, 0.3) is 0 Å². The van der Waals surface area contributed by atoms with Gasteiger partial charge in [-0.1, -0.05) is 18.2 Å². The van der Waals surface area contributed by atoms with Crippen molar-refractivity contribution in [3.63, 3.8) is 0 Å². The molecule has 1 N–H and O–H groups in total. The summed E-state index contributed by atoms with van der Waals surface area (Å²) in [5.74, 6) is -0.555. The van der Waals surface area contributed by atoms with E-state index in [-0.39, 0.29) is 11.1 Å². The minimum absolute atomic E-state index is 0.257. The summed E-state index contributed by atoms with van der Waals surface area (Å²) in [5, 5.41) is 2.23. The Balaban J connectivity index is 3.00. The van der Waals surface area contributed by atoms with Gasteiger partial charge in [-0.25, -0.2) is 0 Å². The Labute approximate surface area is 102 Å². The minimum Gasteiger partial charge on any atom is -0.349 e. The van der Waals surface area contributed by atoms with E-state index < -0.39 is 24.5 Å². The maximum absolute atomic E-state index is 12.4. The van der Waals surface area contributed by atoms with Crippen LogP contribution in [-0.2, 0) is 4.79 Å². The molecule has 0 aliphatic carbocycles. The van der Waals surface area contributed by atoms with Crippen molar-refractivity contribution in [1.29, 1.82) is 0 Å². The smallest absolute Gasteiger partial charge is 0.349 e. The zero-order valence-corrected chi connectivity index (χ0v) is 9.62. The van der Waals surface area contributed by atoms with Crippen LogP contribution in [-0.4, -0.2) is 18.4 Å². The van der Waals surface area contributed by atoms with Gasteiger partial charge in [-0.15, -0.1) is 0 Å².